The molecule has 374 valence electrons. The van der Waals surface area contributed by atoms with Gasteiger partial charge in [0.1, 0.15) is 42.0 Å². The molecule has 0 N–H and O–H groups in total. The summed E-state index contributed by atoms with van der Waals surface area (Å²) >= 11 is 28.9. The Labute approximate surface area is 447 Å². The number of β-lactam (4-membered cyclic amide) rings is 1. The van der Waals surface area contributed by atoms with Crippen molar-refractivity contribution in [1.82, 2.24) is 4.90 Å². The zero-order chi connectivity index (χ0) is 51.4. The number of carbonyl (C=O) groups is 3. The van der Waals surface area contributed by atoms with Crippen molar-refractivity contribution in [2.45, 2.75) is 69.5 Å². The summed E-state index contributed by atoms with van der Waals surface area (Å²) < 4.78 is 26.2. The zero-order valence-corrected chi connectivity index (χ0v) is 43.6. The highest BCUT2D eigenvalue weighted by Crippen LogP contribution is 2.62. The van der Waals surface area contributed by atoms with E-state index in [-0.39, 0.29) is 67.8 Å². The number of halogens is 4. The van der Waals surface area contributed by atoms with Gasteiger partial charge in [0, 0.05) is 72.0 Å². The number of thioether (sulfide) groups is 1. The van der Waals surface area contributed by atoms with Crippen LogP contribution in [0.3, 0.4) is 0 Å². The van der Waals surface area contributed by atoms with Crippen LogP contribution in [0.5, 0.6) is 23.0 Å². The first kappa shape index (κ1) is 51.7. The Morgan fingerprint density at radius 3 is 2.21 bits per heavy atom. The number of hydrogen-bond acceptors (Lipinski definition) is 11. The topological polar surface area (TPSA) is 129 Å². The number of amides is 1. The number of fused-ring (bicyclic) bond motifs is 7. The maximum absolute atomic E-state index is 14.1. The first-order valence-corrected chi connectivity index (χ1v) is 26.3. The third-order valence-corrected chi connectivity index (χ3v) is 16.6. The molecule has 1 unspecified atom stereocenters. The summed E-state index contributed by atoms with van der Waals surface area (Å²) in [5, 5.41) is -0.0230. The Morgan fingerprint density at radius 1 is 0.781 bits per heavy atom. The van der Waals surface area contributed by atoms with E-state index in [1.54, 1.807) is 16.7 Å². The van der Waals surface area contributed by atoms with Crippen molar-refractivity contribution in [3.63, 3.8) is 0 Å². The molecule has 1 fully saturated rings. The number of Topliss-reactive ketones (excluding diaryl/α,β-unsaturated/α-hetero) is 1. The van der Waals surface area contributed by atoms with Gasteiger partial charge in [-0.25, -0.2) is 4.79 Å². The van der Waals surface area contributed by atoms with Crippen LogP contribution in [0.1, 0.15) is 82.8 Å². The van der Waals surface area contributed by atoms with Gasteiger partial charge in [0.05, 0.1) is 36.9 Å². The Balaban J connectivity index is 0.00000214. The van der Waals surface area contributed by atoms with Crippen molar-refractivity contribution in [3.05, 3.63) is 186 Å². The lowest BCUT2D eigenvalue weighted by Crippen LogP contribution is -2.58. The zero-order valence-electron chi connectivity index (χ0n) is 39.8. The van der Waals surface area contributed by atoms with E-state index >= 15 is 0 Å². The molecule has 11 nitrogen and oxygen atoms in total. The maximum atomic E-state index is 14.1. The molecular formula is C57H48Cl4N2O9S. The second-order valence-electron chi connectivity index (χ2n) is 18.1. The molecule has 1 saturated heterocycles. The number of ether oxygens (including phenoxy) is 4. The molecule has 0 aromatic heterocycles. The fraction of sp³-hybridized carbons (Fsp3) is 0.263. The summed E-state index contributed by atoms with van der Waals surface area (Å²) in [6.07, 6.45) is 7.49. The van der Waals surface area contributed by atoms with E-state index in [4.69, 9.17) is 74.9 Å². The van der Waals surface area contributed by atoms with Crippen molar-refractivity contribution in [2.24, 2.45) is 5.92 Å². The number of unbranched alkanes of at least 4 members (excludes halogenated alkanes) is 3. The number of nitrogens with zero attached hydrogens (tertiary/aromatic N) is 2. The molecule has 4 aliphatic heterocycles. The van der Waals surface area contributed by atoms with Gasteiger partial charge in [-0.05, 0) is 77.6 Å². The van der Waals surface area contributed by atoms with Gasteiger partial charge in [0.25, 0.3) is 0 Å². The highest BCUT2D eigenvalue weighted by molar-refractivity contribution is 8.00. The van der Waals surface area contributed by atoms with E-state index in [1.807, 2.05) is 133 Å². The third kappa shape index (κ3) is 10.3. The highest BCUT2D eigenvalue weighted by atomic mass is 35.5. The van der Waals surface area contributed by atoms with Crippen molar-refractivity contribution >= 4 is 93.4 Å². The second-order valence-corrected chi connectivity index (χ2v) is 20.7. The van der Waals surface area contributed by atoms with E-state index < -0.39 is 11.6 Å². The Bertz CT molecular complexity index is 3150. The smallest absolute Gasteiger partial charge is 0.373 e. The van der Waals surface area contributed by atoms with E-state index in [2.05, 4.69) is 6.92 Å². The maximum Gasteiger partial charge on any atom is 0.373 e. The lowest BCUT2D eigenvalue weighted by atomic mass is 9.76. The number of benzene rings is 6. The van der Waals surface area contributed by atoms with Crippen LogP contribution in [-0.4, -0.2) is 53.5 Å². The molecular weight excluding hydrogens is 1030 g/mol. The van der Waals surface area contributed by atoms with Gasteiger partial charge in [-0.3, -0.25) is 9.59 Å². The van der Waals surface area contributed by atoms with Crippen molar-refractivity contribution in [2.75, 3.05) is 24.3 Å². The van der Waals surface area contributed by atoms with Crippen LogP contribution >= 0.6 is 58.2 Å². The number of para-hydroxylation sites is 1. The molecule has 6 aromatic rings. The number of rotatable bonds is 17. The van der Waals surface area contributed by atoms with Gasteiger partial charge in [0.15, 0.2) is 5.60 Å². The first-order chi connectivity index (χ1) is 35.4. The molecule has 73 heavy (non-hydrogen) atoms. The molecule has 10 rings (SSSR count). The molecule has 0 bridgehead atoms. The number of ketones is 1. The molecule has 16 heteroatoms. The van der Waals surface area contributed by atoms with Crippen molar-refractivity contribution < 1.29 is 42.9 Å². The van der Waals surface area contributed by atoms with Gasteiger partial charge in [0.2, 0.25) is 5.91 Å². The molecule has 0 radical (unpaired) electrons. The van der Waals surface area contributed by atoms with Crippen molar-refractivity contribution in [3.8, 4) is 23.0 Å². The number of hydrogen-bond donors (Lipinski definition) is 0. The molecule has 0 saturated carbocycles. The van der Waals surface area contributed by atoms with Crippen LogP contribution in [0.4, 0.5) is 11.4 Å². The molecule has 4 aliphatic rings. The summed E-state index contributed by atoms with van der Waals surface area (Å²) in [7, 11) is 1.97. The normalized spacial score (nSPS) is 17.8. The van der Waals surface area contributed by atoms with E-state index in [9.17, 15) is 14.4 Å². The first-order valence-electron chi connectivity index (χ1n) is 23.8. The standard InChI is InChI=1S/C56H48Cl4N2O7S.CO2/c1-3-4-5-10-15-36-25-43-46(68-45-26-38(61(2)37-16-11-7-12-17-37)20-23-42(45)56(43)48-47(55(65)69-56)49(57)51(59)52(60)50(48)58)28-44(36)67-30-34-18-21-40(22-19-34)66-31-35-29-62-53(64)41(54(62)70-32-35)27-39(63)24-33-13-8-6-9-14-33;2-1-3/h6-9,11-14,16-23,25-26,28-29,41,54H,3-5,10,15,24,27,30-32H2,1-2H3;/t41-,54-,56?;/m0./s1. The number of esters is 1. The fourth-order valence-corrected chi connectivity index (χ4v) is 12.1. The number of aryl methyl sites for hydroxylation is 1. The Morgan fingerprint density at radius 2 is 1.48 bits per heavy atom. The fourth-order valence-electron chi connectivity index (χ4n) is 9.71. The SMILES string of the molecule is CCCCCCc1cc2c(cc1OCc1ccc(OCC3=CN4C(=O)[C@H](CC(=O)Cc5ccccc5)[C@@H]4SC3)cc1)Oc1cc(N(C)c3ccccc3)ccc1C21OC(=O)c2c(Cl)c(Cl)c(Cl)c(Cl)c21.O=C=O. The van der Waals surface area contributed by atoms with Crippen molar-refractivity contribution in [1.29, 1.82) is 0 Å². The van der Waals surface area contributed by atoms with Crippen LogP contribution in [-0.2, 0) is 49.0 Å². The minimum Gasteiger partial charge on any atom is -0.489 e. The Hall–Kier alpha value is -6.24. The summed E-state index contributed by atoms with van der Waals surface area (Å²) in [6, 6.07) is 36.9. The van der Waals surface area contributed by atoms with Crippen LogP contribution in [0.15, 0.2) is 127 Å². The molecule has 4 heterocycles. The summed E-state index contributed by atoms with van der Waals surface area (Å²) in [5.74, 6) is 1.96. The van der Waals surface area contributed by atoms with Gasteiger partial charge >= 0.3 is 12.1 Å². The average Bonchev–Trinajstić information content (AvgIpc) is 3.72. The van der Waals surface area contributed by atoms with Crippen LogP contribution < -0.4 is 19.1 Å². The van der Waals surface area contributed by atoms with Crippen LogP contribution in [0, 0.1) is 5.92 Å². The van der Waals surface area contributed by atoms with E-state index in [0.717, 1.165) is 59.3 Å². The quantitative estimate of drug-likeness (QED) is 0.0285. The average molecular weight is 1080 g/mol. The predicted octanol–water partition coefficient (Wildman–Crippen LogP) is 13.8. The van der Waals surface area contributed by atoms with Gasteiger partial charge < -0.3 is 28.7 Å². The third-order valence-electron chi connectivity index (χ3n) is 13.4. The minimum atomic E-state index is -1.59. The summed E-state index contributed by atoms with van der Waals surface area (Å²) in [5.41, 5.74) is 5.44. The number of carbonyl (C=O) groups excluding carboxylic acids is 5. The van der Waals surface area contributed by atoms with Gasteiger partial charge in [-0.2, -0.15) is 9.59 Å². The monoisotopic (exact) mass is 1080 g/mol. The number of anilines is 2. The van der Waals surface area contributed by atoms with Crippen LogP contribution in [0.25, 0.3) is 0 Å². The summed E-state index contributed by atoms with van der Waals surface area (Å²) in [6.45, 7) is 2.75. The predicted molar refractivity (Wildman–Crippen MR) is 283 cm³/mol. The van der Waals surface area contributed by atoms with E-state index in [1.165, 1.54) is 0 Å². The van der Waals surface area contributed by atoms with Gasteiger partial charge in [-0.1, -0.05) is 133 Å². The lowest BCUT2D eigenvalue weighted by molar-refractivity contribution is -0.191. The minimum absolute atomic E-state index is 0.0147. The lowest BCUT2D eigenvalue weighted by Gasteiger charge is -2.47. The molecule has 1 amide bonds. The second kappa shape index (κ2) is 22.5. The molecule has 1 spiro atoms. The van der Waals surface area contributed by atoms with E-state index in [0.29, 0.717) is 64.9 Å². The van der Waals surface area contributed by atoms with Gasteiger partial charge in [-0.15, -0.1) is 11.8 Å². The summed E-state index contributed by atoms with van der Waals surface area (Å²) in [4.78, 5) is 60.0. The highest BCUT2D eigenvalue weighted by Gasteiger charge is 2.57. The molecule has 3 atom stereocenters. The Kier molecular flexibility index (Phi) is 15.9. The molecule has 6 aromatic carbocycles. The molecule has 0 aliphatic carbocycles. The van der Waals surface area contributed by atoms with Crippen LogP contribution in [0.2, 0.25) is 20.1 Å². The largest absolute Gasteiger partial charge is 0.489 e.